The van der Waals surface area contributed by atoms with Gasteiger partial charge in [0, 0.05) is 13.1 Å². The quantitative estimate of drug-likeness (QED) is 0.742. The van der Waals surface area contributed by atoms with Gasteiger partial charge in [-0.15, -0.1) is 0 Å². The molecule has 1 saturated heterocycles. The van der Waals surface area contributed by atoms with Crippen LogP contribution in [0, 0.1) is 6.92 Å². The third-order valence-corrected chi connectivity index (χ3v) is 3.03. The minimum Gasteiger partial charge on any atom is -0.388 e. The second kappa shape index (κ2) is 4.46. The van der Waals surface area contributed by atoms with Gasteiger partial charge in [0.25, 0.3) is 5.91 Å². The van der Waals surface area contributed by atoms with E-state index in [9.17, 15) is 15.0 Å². The van der Waals surface area contributed by atoms with Gasteiger partial charge in [0.15, 0.2) is 0 Å². The van der Waals surface area contributed by atoms with Crippen LogP contribution >= 0.6 is 0 Å². The lowest BCUT2D eigenvalue weighted by atomic mass is 10.1. The smallest absolute Gasteiger partial charge is 0.259 e. The van der Waals surface area contributed by atoms with Crippen molar-refractivity contribution in [1.82, 2.24) is 10.1 Å². The van der Waals surface area contributed by atoms with Crippen molar-refractivity contribution in [2.24, 2.45) is 0 Å². The minimum atomic E-state index is -0.871. The Morgan fingerprint density at radius 1 is 1.47 bits per heavy atom. The van der Waals surface area contributed by atoms with Crippen molar-refractivity contribution >= 4 is 5.91 Å². The van der Waals surface area contributed by atoms with Crippen molar-refractivity contribution in [1.29, 1.82) is 0 Å². The molecule has 2 rings (SSSR count). The molecule has 0 spiro atoms. The zero-order valence-electron chi connectivity index (χ0n) is 9.88. The molecule has 2 unspecified atom stereocenters. The normalized spacial score (nSPS) is 24.4. The third-order valence-electron chi connectivity index (χ3n) is 3.03. The van der Waals surface area contributed by atoms with Crippen LogP contribution < -0.4 is 0 Å². The van der Waals surface area contributed by atoms with Crippen LogP contribution in [0.5, 0.6) is 0 Å². The molecule has 1 fully saturated rings. The molecule has 0 aromatic carbocycles. The van der Waals surface area contributed by atoms with Gasteiger partial charge in [-0.3, -0.25) is 4.79 Å². The first kappa shape index (κ1) is 12.1. The molecule has 1 aromatic heterocycles. The van der Waals surface area contributed by atoms with Gasteiger partial charge in [0.05, 0.1) is 17.9 Å². The summed E-state index contributed by atoms with van der Waals surface area (Å²) in [5, 5.41) is 22.7. The molecule has 2 atom stereocenters. The molecular weight excluding hydrogens is 224 g/mol. The molecule has 0 bridgehead atoms. The molecule has 6 heteroatoms. The number of aromatic nitrogens is 1. The summed E-state index contributed by atoms with van der Waals surface area (Å²) in [7, 11) is 0. The molecule has 1 aromatic rings. The number of amides is 1. The molecule has 0 saturated carbocycles. The van der Waals surface area contributed by atoms with E-state index in [-0.39, 0.29) is 19.0 Å². The Morgan fingerprint density at radius 3 is 2.59 bits per heavy atom. The van der Waals surface area contributed by atoms with Gasteiger partial charge in [-0.2, -0.15) is 0 Å². The summed E-state index contributed by atoms with van der Waals surface area (Å²) in [6.45, 7) is 3.87. The van der Waals surface area contributed by atoms with Crippen LogP contribution in [0.2, 0.25) is 0 Å². The van der Waals surface area contributed by atoms with Gasteiger partial charge >= 0.3 is 0 Å². The summed E-state index contributed by atoms with van der Waals surface area (Å²) in [5.41, 5.74) is 1.07. The maximum Gasteiger partial charge on any atom is 0.259 e. The van der Waals surface area contributed by atoms with E-state index >= 15 is 0 Å². The first-order valence-corrected chi connectivity index (χ1v) is 5.65. The number of carbonyl (C=O) groups excluding carboxylic acids is 1. The van der Waals surface area contributed by atoms with E-state index in [0.29, 0.717) is 23.4 Å². The monoisotopic (exact) mass is 240 g/mol. The van der Waals surface area contributed by atoms with E-state index in [1.807, 2.05) is 6.92 Å². The van der Waals surface area contributed by atoms with Crippen molar-refractivity contribution < 1.29 is 19.5 Å². The predicted octanol–water partition coefficient (Wildman–Crippen LogP) is -0.277. The Bertz CT molecular complexity index is 419. The SMILES string of the molecule is CCc1noc(C)c1C(=O)N1CC(O)C(O)C1. The fraction of sp³-hybridized carbons (Fsp3) is 0.636. The number of hydrogen-bond donors (Lipinski definition) is 2. The number of carbonyl (C=O) groups is 1. The highest BCUT2D eigenvalue weighted by atomic mass is 16.5. The highest BCUT2D eigenvalue weighted by molar-refractivity contribution is 5.96. The predicted molar refractivity (Wildman–Crippen MR) is 58.5 cm³/mol. The van der Waals surface area contributed by atoms with E-state index in [0.717, 1.165) is 0 Å². The lowest BCUT2D eigenvalue weighted by molar-refractivity contribution is 0.0572. The van der Waals surface area contributed by atoms with E-state index in [1.165, 1.54) is 4.90 Å². The Kier molecular flexibility index (Phi) is 3.17. The van der Waals surface area contributed by atoms with E-state index in [1.54, 1.807) is 6.92 Å². The minimum absolute atomic E-state index is 0.147. The van der Waals surface area contributed by atoms with Crippen LogP contribution in [-0.2, 0) is 6.42 Å². The number of aryl methyl sites for hydroxylation is 2. The molecule has 0 aliphatic carbocycles. The summed E-state index contributed by atoms with van der Waals surface area (Å²) in [4.78, 5) is 13.6. The lowest BCUT2D eigenvalue weighted by Crippen LogP contribution is -2.30. The fourth-order valence-electron chi connectivity index (χ4n) is 2.03. The van der Waals surface area contributed by atoms with Crippen molar-refractivity contribution in [2.45, 2.75) is 32.5 Å². The molecule has 6 nitrogen and oxygen atoms in total. The van der Waals surface area contributed by atoms with Gasteiger partial charge in [-0.05, 0) is 13.3 Å². The average Bonchev–Trinajstić information content (AvgIpc) is 2.82. The first-order chi connectivity index (χ1) is 8.04. The van der Waals surface area contributed by atoms with Crippen molar-refractivity contribution in [3.8, 4) is 0 Å². The highest BCUT2D eigenvalue weighted by Crippen LogP contribution is 2.20. The van der Waals surface area contributed by atoms with Crippen LogP contribution in [0.4, 0.5) is 0 Å². The van der Waals surface area contributed by atoms with Crippen molar-refractivity contribution in [2.75, 3.05) is 13.1 Å². The summed E-state index contributed by atoms with van der Waals surface area (Å²) < 4.78 is 5.00. The highest BCUT2D eigenvalue weighted by Gasteiger charge is 2.35. The first-order valence-electron chi connectivity index (χ1n) is 5.65. The molecule has 2 N–H and O–H groups in total. The van der Waals surface area contributed by atoms with Crippen LogP contribution in [-0.4, -0.2) is 51.5 Å². The maximum absolute atomic E-state index is 12.2. The van der Waals surface area contributed by atoms with Gasteiger partial charge in [0.2, 0.25) is 0 Å². The van der Waals surface area contributed by atoms with E-state index < -0.39 is 12.2 Å². The van der Waals surface area contributed by atoms with Gasteiger partial charge in [-0.1, -0.05) is 12.1 Å². The van der Waals surface area contributed by atoms with E-state index in [4.69, 9.17) is 4.52 Å². The number of aliphatic hydroxyl groups is 2. The lowest BCUT2D eigenvalue weighted by Gasteiger charge is -2.14. The van der Waals surface area contributed by atoms with Crippen molar-refractivity contribution in [3.05, 3.63) is 17.0 Å². The zero-order chi connectivity index (χ0) is 12.6. The van der Waals surface area contributed by atoms with Crippen LogP contribution in [0.1, 0.15) is 28.7 Å². The molecule has 1 amide bonds. The topological polar surface area (TPSA) is 86.8 Å². The van der Waals surface area contributed by atoms with Gasteiger partial charge in [-0.25, -0.2) is 0 Å². The molecule has 1 aliphatic heterocycles. The molecular formula is C11H16N2O4. The van der Waals surface area contributed by atoms with Crippen LogP contribution in [0.15, 0.2) is 4.52 Å². The summed E-state index contributed by atoms with van der Waals surface area (Å²) in [6.07, 6.45) is -1.13. The molecule has 94 valence electrons. The van der Waals surface area contributed by atoms with Crippen LogP contribution in [0.25, 0.3) is 0 Å². The molecule has 17 heavy (non-hydrogen) atoms. The second-order valence-corrected chi connectivity index (χ2v) is 4.26. The molecule has 1 aliphatic rings. The van der Waals surface area contributed by atoms with Crippen LogP contribution in [0.3, 0.4) is 0 Å². The summed E-state index contributed by atoms with van der Waals surface area (Å²) >= 11 is 0. The zero-order valence-corrected chi connectivity index (χ0v) is 9.88. The third kappa shape index (κ3) is 2.05. The Hall–Kier alpha value is -1.40. The fourth-order valence-corrected chi connectivity index (χ4v) is 2.03. The average molecular weight is 240 g/mol. The molecule has 2 heterocycles. The van der Waals surface area contributed by atoms with Crippen molar-refractivity contribution in [3.63, 3.8) is 0 Å². The number of aliphatic hydroxyl groups excluding tert-OH is 2. The maximum atomic E-state index is 12.2. The number of likely N-dealkylation sites (tertiary alicyclic amines) is 1. The number of nitrogens with zero attached hydrogens (tertiary/aromatic N) is 2. The van der Waals surface area contributed by atoms with Gasteiger partial charge < -0.3 is 19.6 Å². The summed E-state index contributed by atoms with van der Waals surface area (Å²) in [6, 6.07) is 0. The number of β-amino-alcohol motifs (C(OH)–C–C–N with tert-alkyl or cyclic N) is 2. The van der Waals surface area contributed by atoms with Gasteiger partial charge in [0.1, 0.15) is 11.3 Å². The molecule has 0 radical (unpaired) electrons. The second-order valence-electron chi connectivity index (χ2n) is 4.26. The standard InChI is InChI=1S/C11H16N2O4/c1-3-7-10(6(2)17-12-7)11(16)13-4-8(14)9(15)5-13/h8-9,14-15H,3-5H2,1-2H3. The number of hydrogen-bond acceptors (Lipinski definition) is 5. The Labute approximate surface area is 98.8 Å². The Balaban J connectivity index is 2.23. The number of rotatable bonds is 2. The van der Waals surface area contributed by atoms with E-state index in [2.05, 4.69) is 5.16 Å². The summed E-state index contributed by atoms with van der Waals surface area (Å²) in [5.74, 6) is 0.235. The Morgan fingerprint density at radius 2 is 2.06 bits per heavy atom. The largest absolute Gasteiger partial charge is 0.388 e.